The highest BCUT2D eigenvalue weighted by molar-refractivity contribution is 4.98. The first-order valence-electron chi connectivity index (χ1n) is 8.78. The Morgan fingerprint density at radius 1 is 0.900 bits per heavy atom. The molecule has 0 radical (unpaired) electrons. The fourth-order valence-electron chi connectivity index (χ4n) is 5.32. The van der Waals surface area contributed by atoms with Gasteiger partial charge in [0.05, 0.1) is 0 Å². The number of rotatable bonds is 3. The molecule has 3 N–H and O–H groups in total. The van der Waals surface area contributed by atoms with E-state index in [4.69, 9.17) is 5.84 Å². The van der Waals surface area contributed by atoms with Crippen molar-refractivity contribution in [2.24, 2.45) is 29.5 Å². The molecule has 20 heavy (non-hydrogen) atoms. The van der Waals surface area contributed by atoms with E-state index >= 15 is 0 Å². The Bertz CT molecular complexity index is 318. The normalized spacial score (nSPS) is 47.4. The third-order valence-corrected chi connectivity index (χ3v) is 6.98. The van der Waals surface area contributed by atoms with E-state index in [0.29, 0.717) is 6.04 Å². The summed E-state index contributed by atoms with van der Waals surface area (Å²) in [5.74, 6) is 9.38. The summed E-state index contributed by atoms with van der Waals surface area (Å²) in [5, 5.41) is 0. The van der Waals surface area contributed by atoms with Crippen LogP contribution in [-0.4, -0.2) is 30.1 Å². The molecule has 3 aliphatic rings. The Balaban J connectivity index is 1.65. The highest BCUT2D eigenvalue weighted by Crippen LogP contribution is 2.43. The molecule has 6 unspecified atom stereocenters. The highest BCUT2D eigenvalue weighted by atomic mass is 15.2. The molecule has 2 aliphatic heterocycles. The lowest BCUT2D eigenvalue weighted by molar-refractivity contribution is 0.0725. The van der Waals surface area contributed by atoms with Crippen LogP contribution in [0.15, 0.2) is 0 Å². The maximum atomic E-state index is 6.00. The molecule has 3 heteroatoms. The first-order chi connectivity index (χ1) is 9.60. The smallest absolute Gasteiger partial charge is 0.0268 e. The van der Waals surface area contributed by atoms with E-state index in [9.17, 15) is 0 Å². The molecule has 2 bridgehead atoms. The van der Waals surface area contributed by atoms with Crippen LogP contribution in [-0.2, 0) is 0 Å². The number of nitrogens with two attached hydrogens (primary N) is 1. The summed E-state index contributed by atoms with van der Waals surface area (Å²) in [6, 6.07) is 2.21. The van der Waals surface area contributed by atoms with E-state index in [1.165, 1.54) is 44.9 Å². The van der Waals surface area contributed by atoms with Crippen LogP contribution in [0.3, 0.4) is 0 Å². The van der Waals surface area contributed by atoms with Gasteiger partial charge in [0.15, 0.2) is 0 Å². The highest BCUT2D eigenvalue weighted by Gasteiger charge is 2.43. The number of hydrogen-bond acceptors (Lipinski definition) is 3. The topological polar surface area (TPSA) is 41.3 Å². The molecule has 2 heterocycles. The maximum absolute atomic E-state index is 6.00. The van der Waals surface area contributed by atoms with Gasteiger partial charge in [-0.15, -0.1) is 0 Å². The van der Waals surface area contributed by atoms with E-state index in [1.807, 2.05) is 0 Å². The van der Waals surface area contributed by atoms with Gasteiger partial charge in [-0.3, -0.25) is 11.3 Å². The zero-order chi connectivity index (χ0) is 14.3. The molecule has 0 spiro atoms. The summed E-state index contributed by atoms with van der Waals surface area (Å²) >= 11 is 0. The van der Waals surface area contributed by atoms with Crippen LogP contribution in [0.5, 0.6) is 0 Å². The van der Waals surface area contributed by atoms with Crippen LogP contribution in [0, 0.1) is 23.7 Å². The molecular formula is C17H33N3. The molecule has 3 nitrogen and oxygen atoms in total. The Morgan fingerprint density at radius 2 is 1.55 bits per heavy atom. The fourth-order valence-corrected chi connectivity index (χ4v) is 5.32. The third-order valence-electron chi connectivity index (χ3n) is 6.98. The van der Waals surface area contributed by atoms with Crippen molar-refractivity contribution in [3.8, 4) is 0 Å². The average Bonchev–Trinajstić information content (AvgIpc) is 2.65. The molecule has 1 aliphatic carbocycles. The average molecular weight is 279 g/mol. The summed E-state index contributed by atoms with van der Waals surface area (Å²) in [7, 11) is 2.33. The SMILES string of the molecule is CC1CCC(C(NN)C2CC3CCC(C2)N3C)CC1C. The molecule has 2 saturated heterocycles. The summed E-state index contributed by atoms with van der Waals surface area (Å²) in [6.07, 6.45) is 9.69. The van der Waals surface area contributed by atoms with Gasteiger partial charge in [0.25, 0.3) is 0 Å². The van der Waals surface area contributed by atoms with Crippen LogP contribution >= 0.6 is 0 Å². The second-order valence-corrected chi connectivity index (χ2v) is 8.00. The van der Waals surface area contributed by atoms with E-state index in [0.717, 1.165) is 35.8 Å². The van der Waals surface area contributed by atoms with Gasteiger partial charge in [0.1, 0.15) is 0 Å². The van der Waals surface area contributed by atoms with Crippen LogP contribution < -0.4 is 11.3 Å². The van der Waals surface area contributed by atoms with E-state index in [1.54, 1.807) is 0 Å². The van der Waals surface area contributed by atoms with Crippen LogP contribution in [0.25, 0.3) is 0 Å². The van der Waals surface area contributed by atoms with Crippen molar-refractivity contribution in [2.45, 2.75) is 76.9 Å². The van der Waals surface area contributed by atoms with Crippen molar-refractivity contribution in [2.75, 3.05) is 7.05 Å². The second kappa shape index (κ2) is 5.94. The lowest BCUT2D eigenvalue weighted by Crippen LogP contribution is -2.52. The Hall–Kier alpha value is -0.120. The number of hydrazine groups is 1. The number of nitrogens with one attached hydrogen (secondary N) is 1. The number of piperidine rings is 1. The second-order valence-electron chi connectivity index (χ2n) is 8.00. The maximum Gasteiger partial charge on any atom is 0.0268 e. The van der Waals surface area contributed by atoms with Gasteiger partial charge in [-0.25, -0.2) is 0 Å². The summed E-state index contributed by atoms with van der Waals surface area (Å²) in [6.45, 7) is 4.85. The minimum absolute atomic E-state index is 0.557. The zero-order valence-corrected chi connectivity index (χ0v) is 13.5. The van der Waals surface area contributed by atoms with Crippen LogP contribution in [0.1, 0.15) is 58.8 Å². The van der Waals surface area contributed by atoms with Gasteiger partial charge in [-0.2, -0.15) is 0 Å². The first-order valence-corrected chi connectivity index (χ1v) is 8.78. The molecule has 116 valence electrons. The van der Waals surface area contributed by atoms with Gasteiger partial charge in [0.2, 0.25) is 0 Å². The van der Waals surface area contributed by atoms with Crippen molar-refractivity contribution in [3.63, 3.8) is 0 Å². The Morgan fingerprint density at radius 3 is 2.10 bits per heavy atom. The summed E-state index contributed by atoms with van der Waals surface area (Å²) in [4.78, 5) is 2.63. The predicted molar refractivity (Wildman–Crippen MR) is 84.1 cm³/mol. The van der Waals surface area contributed by atoms with Crippen molar-refractivity contribution in [1.29, 1.82) is 0 Å². The van der Waals surface area contributed by atoms with Gasteiger partial charge in [-0.1, -0.05) is 20.3 Å². The third kappa shape index (κ3) is 2.65. The Kier molecular flexibility index (Phi) is 4.40. The van der Waals surface area contributed by atoms with E-state index < -0.39 is 0 Å². The lowest BCUT2D eigenvalue weighted by Gasteiger charge is -2.44. The number of nitrogens with zero attached hydrogens (tertiary/aromatic N) is 1. The monoisotopic (exact) mass is 279 g/mol. The number of hydrogen-bond donors (Lipinski definition) is 2. The molecule has 1 saturated carbocycles. The molecule has 3 rings (SSSR count). The minimum atomic E-state index is 0.557. The van der Waals surface area contributed by atoms with Crippen molar-refractivity contribution in [3.05, 3.63) is 0 Å². The molecule has 0 aromatic rings. The van der Waals surface area contributed by atoms with Gasteiger partial charge in [-0.05, 0) is 69.2 Å². The first kappa shape index (κ1) is 14.8. The molecular weight excluding hydrogens is 246 g/mol. The summed E-state index contributed by atoms with van der Waals surface area (Å²) in [5.41, 5.74) is 3.24. The van der Waals surface area contributed by atoms with Crippen molar-refractivity contribution in [1.82, 2.24) is 10.3 Å². The largest absolute Gasteiger partial charge is 0.300 e. The molecule has 0 amide bonds. The molecule has 3 fully saturated rings. The quantitative estimate of drug-likeness (QED) is 0.616. The number of fused-ring (bicyclic) bond motifs is 2. The van der Waals surface area contributed by atoms with Crippen molar-refractivity contribution >= 4 is 0 Å². The fraction of sp³-hybridized carbons (Fsp3) is 1.00. The van der Waals surface area contributed by atoms with E-state index in [2.05, 4.69) is 31.2 Å². The van der Waals surface area contributed by atoms with Gasteiger partial charge >= 0.3 is 0 Å². The molecule has 0 aromatic carbocycles. The zero-order valence-electron chi connectivity index (χ0n) is 13.5. The van der Waals surface area contributed by atoms with Crippen LogP contribution in [0.2, 0.25) is 0 Å². The van der Waals surface area contributed by atoms with E-state index in [-0.39, 0.29) is 0 Å². The predicted octanol–water partition coefficient (Wildman–Crippen LogP) is 2.76. The summed E-state index contributed by atoms with van der Waals surface area (Å²) < 4.78 is 0. The van der Waals surface area contributed by atoms with Gasteiger partial charge in [0, 0.05) is 18.1 Å². The van der Waals surface area contributed by atoms with Crippen molar-refractivity contribution < 1.29 is 0 Å². The standard InChI is InChI=1S/C17H33N3/c1-11-4-5-13(8-12(11)2)17(19-18)14-9-15-6-7-16(10-14)20(15)3/h11-17,19H,4-10,18H2,1-3H3. The molecule has 0 aromatic heterocycles. The minimum Gasteiger partial charge on any atom is -0.300 e. The molecule has 6 atom stereocenters. The lowest BCUT2D eigenvalue weighted by atomic mass is 9.69. The van der Waals surface area contributed by atoms with Crippen LogP contribution in [0.4, 0.5) is 0 Å². The Labute approximate surface area is 124 Å². The van der Waals surface area contributed by atoms with Gasteiger partial charge < -0.3 is 4.90 Å².